The van der Waals surface area contributed by atoms with Crippen molar-refractivity contribution in [2.45, 2.75) is 12.6 Å². The van der Waals surface area contributed by atoms with Crippen molar-refractivity contribution in [3.63, 3.8) is 0 Å². The Labute approximate surface area is 167 Å². The first-order valence-corrected chi connectivity index (χ1v) is 9.00. The fourth-order valence-electron chi connectivity index (χ4n) is 2.57. The lowest BCUT2D eigenvalue weighted by molar-refractivity contribution is -0.138. The minimum absolute atomic E-state index is 0.243. The summed E-state index contributed by atoms with van der Waals surface area (Å²) in [5.74, 6) is -0.321. The number of hydrogen-bond donors (Lipinski definition) is 2. The van der Waals surface area contributed by atoms with Crippen LogP contribution in [0.5, 0.6) is 5.75 Å². The highest BCUT2D eigenvalue weighted by Gasteiger charge is 2.19. The number of halogens is 2. The largest absolute Gasteiger partial charge is 0.489 e. The average Bonchev–Trinajstić information content (AvgIpc) is 2.67. The van der Waals surface area contributed by atoms with Crippen molar-refractivity contribution in [3.8, 4) is 5.75 Å². The highest BCUT2D eigenvalue weighted by atomic mass is 35.5. The monoisotopic (exact) mass is 401 g/mol. The van der Waals surface area contributed by atoms with Gasteiger partial charge in [-0.15, -0.1) is 0 Å². The van der Waals surface area contributed by atoms with Crippen LogP contribution in [0, 0.1) is 0 Å². The van der Waals surface area contributed by atoms with E-state index in [-0.39, 0.29) is 6.61 Å². The molecule has 138 valence electrons. The van der Waals surface area contributed by atoms with Crippen LogP contribution in [0.25, 0.3) is 0 Å². The van der Waals surface area contributed by atoms with Crippen molar-refractivity contribution < 1.29 is 14.6 Å². The van der Waals surface area contributed by atoms with E-state index in [9.17, 15) is 9.90 Å². The van der Waals surface area contributed by atoms with Gasteiger partial charge in [-0.25, -0.2) is 4.79 Å². The molecule has 3 aromatic rings. The first-order chi connectivity index (χ1) is 13.0. The molecule has 0 saturated carbocycles. The van der Waals surface area contributed by atoms with Gasteiger partial charge in [-0.1, -0.05) is 59.6 Å². The Morgan fingerprint density at radius 1 is 0.926 bits per heavy atom. The van der Waals surface area contributed by atoms with Crippen LogP contribution in [-0.4, -0.2) is 11.1 Å². The number of carbonyl (C=O) groups is 1. The summed E-state index contributed by atoms with van der Waals surface area (Å²) in [4.78, 5) is 11.6. The van der Waals surface area contributed by atoms with E-state index in [0.717, 1.165) is 5.56 Å². The third-order valence-corrected chi connectivity index (χ3v) is 4.70. The molecule has 1 atom stereocenters. The molecule has 0 bridgehead atoms. The lowest BCUT2D eigenvalue weighted by Gasteiger charge is -2.16. The Balaban J connectivity index is 1.67. The molecular weight excluding hydrogens is 385 g/mol. The quantitative estimate of drug-likeness (QED) is 0.524. The highest BCUT2D eigenvalue weighted by Crippen LogP contribution is 2.27. The van der Waals surface area contributed by atoms with Crippen LogP contribution in [0.2, 0.25) is 10.0 Å². The fraction of sp³-hybridized carbons (Fsp3) is 0.0952. The topological polar surface area (TPSA) is 58.6 Å². The van der Waals surface area contributed by atoms with Gasteiger partial charge in [0.2, 0.25) is 0 Å². The van der Waals surface area contributed by atoms with Crippen LogP contribution in [0.3, 0.4) is 0 Å². The first kappa shape index (κ1) is 19.1. The van der Waals surface area contributed by atoms with Crippen LogP contribution < -0.4 is 10.1 Å². The maximum absolute atomic E-state index is 11.6. The predicted octanol–water partition coefficient (Wildman–Crippen LogP) is 5.81. The lowest BCUT2D eigenvalue weighted by atomic mass is 10.1. The van der Waals surface area contributed by atoms with Crippen molar-refractivity contribution in [2.75, 3.05) is 5.32 Å². The molecule has 0 aliphatic heterocycles. The van der Waals surface area contributed by atoms with Gasteiger partial charge in [-0.3, -0.25) is 0 Å². The van der Waals surface area contributed by atoms with Gasteiger partial charge in [0.05, 0.1) is 0 Å². The van der Waals surface area contributed by atoms with E-state index in [2.05, 4.69) is 5.32 Å². The van der Waals surface area contributed by atoms with E-state index >= 15 is 0 Å². The van der Waals surface area contributed by atoms with Gasteiger partial charge >= 0.3 is 5.97 Å². The summed E-state index contributed by atoms with van der Waals surface area (Å²) in [5, 5.41) is 13.6. The summed E-state index contributed by atoms with van der Waals surface area (Å²) in [6.07, 6.45) is 0. The number of nitrogens with one attached hydrogen (secondary N) is 1. The van der Waals surface area contributed by atoms with E-state index < -0.39 is 12.0 Å². The molecule has 6 heteroatoms. The molecule has 0 spiro atoms. The normalized spacial score (nSPS) is 11.6. The minimum Gasteiger partial charge on any atom is -0.489 e. The lowest BCUT2D eigenvalue weighted by Crippen LogP contribution is -2.20. The number of anilines is 1. The first-order valence-electron chi connectivity index (χ1n) is 8.24. The van der Waals surface area contributed by atoms with Gasteiger partial charge in [0.25, 0.3) is 0 Å². The molecule has 27 heavy (non-hydrogen) atoms. The van der Waals surface area contributed by atoms with Crippen LogP contribution in [-0.2, 0) is 11.4 Å². The summed E-state index contributed by atoms with van der Waals surface area (Å²) >= 11 is 12.3. The molecule has 0 fully saturated rings. The standard InChI is InChI=1S/C21H17Cl2NO3/c22-18-7-4-8-19(23)17(18)13-27-16-11-9-15(10-12-16)24-20(21(25)26)14-5-2-1-3-6-14/h1-12,20,24H,13H2,(H,25,26)/t20-/m0/s1. The zero-order valence-electron chi connectivity index (χ0n) is 14.2. The van der Waals surface area contributed by atoms with Crippen molar-refractivity contribution in [1.29, 1.82) is 0 Å². The Hall–Kier alpha value is -2.69. The summed E-state index contributed by atoms with van der Waals surface area (Å²) in [5.41, 5.74) is 2.08. The van der Waals surface area contributed by atoms with Crippen LogP contribution in [0.4, 0.5) is 5.69 Å². The van der Waals surface area contributed by atoms with Crippen molar-refractivity contribution >= 4 is 34.9 Å². The molecule has 2 N–H and O–H groups in total. The van der Waals surface area contributed by atoms with Gasteiger partial charge < -0.3 is 15.2 Å². The van der Waals surface area contributed by atoms with E-state index in [1.54, 1.807) is 54.6 Å². The second-order valence-electron chi connectivity index (χ2n) is 5.84. The average molecular weight is 402 g/mol. The minimum atomic E-state index is -0.949. The molecule has 0 heterocycles. The number of ether oxygens (including phenoxy) is 1. The van der Waals surface area contributed by atoms with Gasteiger partial charge in [-0.2, -0.15) is 0 Å². The molecule has 0 radical (unpaired) electrons. The Kier molecular flexibility index (Phi) is 6.22. The van der Waals surface area contributed by atoms with Gasteiger partial charge in [-0.05, 0) is 42.0 Å². The predicted molar refractivity (Wildman–Crippen MR) is 108 cm³/mol. The zero-order chi connectivity index (χ0) is 19.2. The number of carboxylic acid groups (broad SMARTS) is 1. The van der Waals surface area contributed by atoms with E-state index in [1.807, 2.05) is 18.2 Å². The third kappa shape index (κ3) is 4.94. The second kappa shape index (κ2) is 8.80. The van der Waals surface area contributed by atoms with Crippen molar-refractivity contribution in [1.82, 2.24) is 0 Å². The Morgan fingerprint density at radius 2 is 1.56 bits per heavy atom. The van der Waals surface area contributed by atoms with E-state index in [1.165, 1.54) is 0 Å². The van der Waals surface area contributed by atoms with Gasteiger partial charge in [0.15, 0.2) is 6.04 Å². The molecule has 0 aliphatic carbocycles. The van der Waals surface area contributed by atoms with E-state index in [4.69, 9.17) is 27.9 Å². The molecular formula is C21H17Cl2NO3. The third-order valence-electron chi connectivity index (χ3n) is 3.99. The molecule has 0 aliphatic rings. The summed E-state index contributed by atoms with van der Waals surface area (Å²) in [6, 6.07) is 20.5. The summed E-state index contributed by atoms with van der Waals surface area (Å²) < 4.78 is 5.73. The molecule has 3 rings (SSSR count). The molecule has 0 aromatic heterocycles. The highest BCUT2D eigenvalue weighted by molar-refractivity contribution is 6.35. The van der Waals surface area contributed by atoms with Crippen LogP contribution in [0.15, 0.2) is 72.8 Å². The number of hydrogen-bond acceptors (Lipinski definition) is 3. The molecule has 3 aromatic carbocycles. The Morgan fingerprint density at radius 3 is 2.15 bits per heavy atom. The zero-order valence-corrected chi connectivity index (χ0v) is 15.7. The molecule has 0 amide bonds. The molecule has 0 saturated heterocycles. The van der Waals surface area contributed by atoms with Crippen molar-refractivity contribution in [2.24, 2.45) is 0 Å². The molecule has 4 nitrogen and oxygen atoms in total. The maximum Gasteiger partial charge on any atom is 0.330 e. The van der Waals surface area contributed by atoms with E-state index in [0.29, 0.717) is 27.0 Å². The van der Waals surface area contributed by atoms with Gasteiger partial charge in [0, 0.05) is 21.3 Å². The number of rotatable bonds is 7. The molecule has 0 unspecified atom stereocenters. The summed E-state index contributed by atoms with van der Waals surface area (Å²) in [7, 11) is 0. The Bertz CT molecular complexity index is 894. The smallest absolute Gasteiger partial charge is 0.330 e. The van der Waals surface area contributed by atoms with Gasteiger partial charge in [0.1, 0.15) is 12.4 Å². The number of carboxylic acids is 1. The second-order valence-corrected chi connectivity index (χ2v) is 6.65. The number of aliphatic carboxylic acids is 1. The maximum atomic E-state index is 11.6. The SMILES string of the molecule is O=C(O)[C@@H](Nc1ccc(OCc2c(Cl)cccc2Cl)cc1)c1ccccc1. The van der Waals surface area contributed by atoms with Crippen molar-refractivity contribution in [3.05, 3.63) is 94.0 Å². The summed E-state index contributed by atoms with van der Waals surface area (Å²) in [6.45, 7) is 0.243. The fourth-order valence-corrected chi connectivity index (χ4v) is 3.08. The van der Waals surface area contributed by atoms with Crippen LogP contribution >= 0.6 is 23.2 Å². The number of benzene rings is 3. The van der Waals surface area contributed by atoms with Crippen LogP contribution in [0.1, 0.15) is 17.2 Å².